The van der Waals surface area contributed by atoms with E-state index in [2.05, 4.69) is 34.7 Å². The molecule has 4 fully saturated rings. The molecular formula is C24H26N8O6. The van der Waals surface area contributed by atoms with E-state index in [0.29, 0.717) is 101 Å². The molecule has 14 nitrogen and oxygen atoms in total. The van der Waals surface area contributed by atoms with E-state index in [9.17, 15) is 0 Å². The molecule has 198 valence electrons. The number of hydrogen-bond donors (Lipinski definition) is 0. The Labute approximate surface area is 217 Å². The molecule has 4 saturated heterocycles. The molecule has 38 heavy (non-hydrogen) atoms. The summed E-state index contributed by atoms with van der Waals surface area (Å²) < 4.78 is 34.4. The zero-order valence-corrected chi connectivity index (χ0v) is 20.6. The van der Waals surface area contributed by atoms with Crippen LogP contribution in [-0.2, 0) is 18.9 Å². The average Bonchev–Trinajstić information content (AvgIpc) is 3.72. The van der Waals surface area contributed by atoms with Crippen LogP contribution in [0.15, 0.2) is 37.2 Å². The molecule has 7 rings (SSSR count). The minimum Gasteiger partial charge on any atom is -0.474 e. The molecule has 3 aromatic rings. The Morgan fingerprint density at radius 1 is 0.553 bits per heavy atom. The van der Waals surface area contributed by atoms with Crippen molar-refractivity contribution in [3.63, 3.8) is 0 Å². The molecule has 0 spiro atoms. The first-order chi connectivity index (χ1) is 18.7. The second-order valence-corrected chi connectivity index (χ2v) is 9.79. The maximum Gasteiger partial charge on any atom is 0.232 e. The molecule has 0 aliphatic carbocycles. The molecule has 14 heteroatoms. The van der Waals surface area contributed by atoms with Gasteiger partial charge in [0.05, 0.1) is 63.6 Å². The smallest absolute Gasteiger partial charge is 0.232 e. The van der Waals surface area contributed by atoms with E-state index in [-0.39, 0.29) is 11.1 Å². The lowest BCUT2D eigenvalue weighted by molar-refractivity contribution is 0.0692. The van der Waals surface area contributed by atoms with Crippen LogP contribution < -0.4 is 9.47 Å². The highest BCUT2D eigenvalue weighted by Gasteiger charge is 2.48. The van der Waals surface area contributed by atoms with E-state index in [4.69, 9.17) is 33.4 Å². The van der Waals surface area contributed by atoms with Crippen LogP contribution in [0.1, 0.15) is 0 Å². The van der Waals surface area contributed by atoms with Crippen LogP contribution in [-0.4, -0.2) is 117 Å². The Hall–Kier alpha value is -3.40. The molecule has 0 atom stereocenters. The van der Waals surface area contributed by atoms with Crippen molar-refractivity contribution in [1.29, 1.82) is 0 Å². The molecule has 4 aliphatic heterocycles. The van der Waals surface area contributed by atoms with Crippen molar-refractivity contribution >= 4 is 0 Å². The van der Waals surface area contributed by atoms with Crippen LogP contribution in [0.2, 0.25) is 0 Å². The zero-order chi connectivity index (χ0) is 25.4. The quantitative estimate of drug-likeness (QED) is 0.397. The lowest BCUT2D eigenvalue weighted by Gasteiger charge is -2.26. The normalized spacial score (nSPS) is 21.9. The van der Waals surface area contributed by atoms with E-state index in [1.54, 1.807) is 37.2 Å². The zero-order valence-electron chi connectivity index (χ0n) is 20.6. The van der Waals surface area contributed by atoms with Gasteiger partial charge in [0.2, 0.25) is 11.8 Å². The van der Waals surface area contributed by atoms with Crippen LogP contribution in [0.25, 0.3) is 22.8 Å². The first kappa shape index (κ1) is 23.7. The Kier molecular flexibility index (Phi) is 6.06. The average molecular weight is 523 g/mol. The van der Waals surface area contributed by atoms with E-state index in [1.807, 2.05) is 0 Å². The summed E-state index contributed by atoms with van der Waals surface area (Å²) in [6.07, 6.45) is 9.62. The SMILES string of the molecule is c1ncc(-c2cncc(-c3cncc(OCC45COCN4COC5)n3)n2)nc1OCC12COCN1COC2. The molecular weight excluding hydrogens is 496 g/mol. The van der Waals surface area contributed by atoms with Gasteiger partial charge in [-0.3, -0.25) is 15.0 Å². The molecule has 0 bridgehead atoms. The van der Waals surface area contributed by atoms with Crippen molar-refractivity contribution in [2.75, 3.05) is 66.6 Å². The summed E-state index contributed by atoms with van der Waals surface area (Å²) in [5.41, 5.74) is 1.52. The van der Waals surface area contributed by atoms with Gasteiger partial charge in [-0.15, -0.1) is 0 Å². The summed E-state index contributed by atoms with van der Waals surface area (Å²) >= 11 is 0. The number of aromatic nitrogens is 6. The minimum atomic E-state index is -0.295. The highest BCUT2D eigenvalue weighted by molar-refractivity contribution is 5.59. The third-order valence-electron chi connectivity index (χ3n) is 7.17. The fraction of sp³-hybridized carbons (Fsp3) is 0.500. The van der Waals surface area contributed by atoms with E-state index in [1.165, 1.54) is 0 Å². The van der Waals surface area contributed by atoms with Crippen LogP contribution in [0, 0.1) is 0 Å². The Balaban J connectivity index is 1.06. The van der Waals surface area contributed by atoms with Gasteiger partial charge in [-0.25, -0.2) is 24.8 Å². The highest BCUT2D eigenvalue weighted by atomic mass is 16.6. The number of nitrogens with zero attached hydrogens (tertiary/aromatic N) is 8. The summed E-state index contributed by atoms with van der Waals surface area (Å²) in [4.78, 5) is 31.1. The third kappa shape index (κ3) is 4.34. The minimum absolute atomic E-state index is 0.295. The van der Waals surface area contributed by atoms with Crippen molar-refractivity contribution < 1.29 is 28.4 Å². The molecule has 3 aromatic heterocycles. The largest absolute Gasteiger partial charge is 0.474 e. The van der Waals surface area contributed by atoms with Crippen molar-refractivity contribution in [2.24, 2.45) is 0 Å². The van der Waals surface area contributed by atoms with Crippen LogP contribution >= 0.6 is 0 Å². The Morgan fingerprint density at radius 2 is 0.921 bits per heavy atom. The Morgan fingerprint density at radius 3 is 1.34 bits per heavy atom. The molecule has 7 heterocycles. The second kappa shape index (κ2) is 9.72. The molecule has 0 radical (unpaired) electrons. The van der Waals surface area contributed by atoms with Crippen LogP contribution in [0.5, 0.6) is 11.8 Å². The molecule has 0 saturated carbocycles. The van der Waals surface area contributed by atoms with Gasteiger partial charge in [0, 0.05) is 0 Å². The van der Waals surface area contributed by atoms with Gasteiger partial charge in [0.1, 0.15) is 74.0 Å². The van der Waals surface area contributed by atoms with Crippen molar-refractivity contribution in [2.45, 2.75) is 11.1 Å². The molecule has 0 amide bonds. The van der Waals surface area contributed by atoms with E-state index < -0.39 is 0 Å². The summed E-state index contributed by atoms with van der Waals surface area (Å²) in [6.45, 7) is 5.13. The highest BCUT2D eigenvalue weighted by Crippen LogP contribution is 2.30. The molecule has 0 aromatic carbocycles. The van der Waals surface area contributed by atoms with Gasteiger partial charge < -0.3 is 28.4 Å². The van der Waals surface area contributed by atoms with Gasteiger partial charge in [-0.05, 0) is 0 Å². The summed E-state index contributed by atoms with van der Waals surface area (Å²) in [5.74, 6) is 0.774. The van der Waals surface area contributed by atoms with Gasteiger partial charge >= 0.3 is 0 Å². The lowest BCUT2D eigenvalue weighted by Crippen LogP contribution is -2.48. The first-order valence-electron chi connectivity index (χ1n) is 12.3. The van der Waals surface area contributed by atoms with Crippen LogP contribution in [0.3, 0.4) is 0 Å². The van der Waals surface area contributed by atoms with E-state index in [0.717, 1.165) is 0 Å². The topological polar surface area (TPSA) is 139 Å². The summed E-state index contributed by atoms with van der Waals surface area (Å²) in [6, 6.07) is 0. The number of rotatable bonds is 8. The Bertz CT molecular complexity index is 1200. The fourth-order valence-electron chi connectivity index (χ4n) is 4.91. The fourth-order valence-corrected chi connectivity index (χ4v) is 4.91. The predicted octanol–water partition coefficient (Wildman–Crippen LogP) is 0.181. The maximum atomic E-state index is 6.00. The predicted molar refractivity (Wildman–Crippen MR) is 127 cm³/mol. The second-order valence-electron chi connectivity index (χ2n) is 9.79. The third-order valence-corrected chi connectivity index (χ3v) is 7.17. The maximum absolute atomic E-state index is 6.00. The monoisotopic (exact) mass is 522 g/mol. The summed E-state index contributed by atoms with van der Waals surface area (Å²) in [5, 5.41) is 0. The summed E-state index contributed by atoms with van der Waals surface area (Å²) in [7, 11) is 0. The molecule has 4 aliphatic rings. The number of hydrogen-bond acceptors (Lipinski definition) is 14. The van der Waals surface area contributed by atoms with Gasteiger partial charge in [0.15, 0.2) is 0 Å². The van der Waals surface area contributed by atoms with Crippen molar-refractivity contribution in [3.8, 4) is 34.5 Å². The van der Waals surface area contributed by atoms with Gasteiger partial charge in [0.25, 0.3) is 0 Å². The lowest BCUT2D eigenvalue weighted by atomic mass is 10.0. The van der Waals surface area contributed by atoms with Crippen LogP contribution in [0.4, 0.5) is 0 Å². The standard InChI is InChI=1S/C24H26N8O6/c1-17(19-3-26-5-21(29-19)37-11-23-7-33-13-31(23)14-34-8-23)28-18(2-25-1)20-4-27-6-22(30-20)38-12-24-9-35-15-32(24)16-36-10-24/h1-6H,7-16H2. The van der Waals surface area contributed by atoms with Gasteiger partial charge in [-0.2, -0.15) is 0 Å². The van der Waals surface area contributed by atoms with Crippen molar-refractivity contribution in [3.05, 3.63) is 37.2 Å². The molecule has 0 N–H and O–H groups in total. The van der Waals surface area contributed by atoms with E-state index >= 15 is 0 Å². The first-order valence-corrected chi connectivity index (χ1v) is 12.3. The number of fused-ring (bicyclic) bond motifs is 2. The van der Waals surface area contributed by atoms with Gasteiger partial charge in [-0.1, -0.05) is 0 Å². The number of ether oxygens (including phenoxy) is 6. The molecule has 0 unspecified atom stereocenters. The van der Waals surface area contributed by atoms with Crippen molar-refractivity contribution in [1.82, 2.24) is 39.7 Å².